The fourth-order valence-electron chi connectivity index (χ4n) is 3.59. The van der Waals surface area contributed by atoms with Crippen molar-refractivity contribution in [1.82, 2.24) is 9.66 Å². The Balaban J connectivity index is 1.59. The second kappa shape index (κ2) is 6.90. The highest BCUT2D eigenvalue weighted by Crippen LogP contribution is 2.33. The third-order valence-electron chi connectivity index (χ3n) is 4.90. The molecule has 0 bridgehead atoms. The van der Waals surface area contributed by atoms with Gasteiger partial charge >= 0.3 is 0 Å². The van der Waals surface area contributed by atoms with E-state index in [0.717, 1.165) is 27.4 Å². The van der Waals surface area contributed by atoms with E-state index in [0.29, 0.717) is 31.4 Å². The smallest absolute Gasteiger partial charge is 0.159 e. The zero-order valence-corrected chi connectivity index (χ0v) is 15.1. The summed E-state index contributed by atoms with van der Waals surface area (Å²) >= 11 is 0. The van der Waals surface area contributed by atoms with Gasteiger partial charge in [0.1, 0.15) is 17.0 Å². The molecule has 8 heteroatoms. The maximum atomic E-state index is 10.3. The average molecular weight is 382 g/mol. The fourth-order valence-corrected chi connectivity index (χ4v) is 3.59. The Morgan fingerprint density at radius 1 is 0.893 bits per heavy atom. The lowest BCUT2D eigenvalue weighted by Gasteiger charge is -2.10. The minimum atomic E-state index is -0.163. The molecule has 2 aromatic carbocycles. The summed E-state index contributed by atoms with van der Waals surface area (Å²) in [4.78, 5) is 3.08. The van der Waals surface area contributed by atoms with Crippen LogP contribution in [0.3, 0.4) is 0 Å². The number of nitrogens with one attached hydrogen (secondary N) is 2. The van der Waals surface area contributed by atoms with Gasteiger partial charge < -0.3 is 36.6 Å². The van der Waals surface area contributed by atoms with Crippen LogP contribution in [0, 0.1) is 0 Å². The van der Waals surface area contributed by atoms with Crippen LogP contribution in [0.2, 0.25) is 0 Å². The number of aromatic amines is 1. The lowest BCUT2D eigenvalue weighted by atomic mass is 10.1. The topological polar surface area (TPSA) is 140 Å². The predicted octanol–water partition coefficient (Wildman–Crippen LogP) is 2.23. The normalized spacial score (nSPS) is 11.5. The molecular weight excluding hydrogens is 360 g/mol. The van der Waals surface area contributed by atoms with E-state index in [9.17, 15) is 20.4 Å². The standard InChI is InChI=1S/C20H22N4O4/c21-3-1-12-10-24(20-15(12)5-13(25)6-19(20)28)23-4-2-11-9-22-16-8-18(27)17(26)7-14(11)16/h5-10,22-23,25-28H,1-4,21H2. The van der Waals surface area contributed by atoms with Gasteiger partial charge in [-0.1, -0.05) is 0 Å². The quantitative estimate of drug-likeness (QED) is 0.255. The van der Waals surface area contributed by atoms with Gasteiger partial charge in [-0.15, -0.1) is 0 Å². The molecule has 8 nitrogen and oxygen atoms in total. The number of rotatable bonds is 6. The van der Waals surface area contributed by atoms with Crippen LogP contribution in [0.1, 0.15) is 11.1 Å². The maximum Gasteiger partial charge on any atom is 0.159 e. The largest absolute Gasteiger partial charge is 0.508 e. The van der Waals surface area contributed by atoms with Crippen LogP contribution in [0.4, 0.5) is 0 Å². The second-order valence-electron chi connectivity index (χ2n) is 6.78. The Morgan fingerprint density at radius 2 is 1.68 bits per heavy atom. The van der Waals surface area contributed by atoms with E-state index >= 15 is 0 Å². The number of phenols is 4. The van der Waals surface area contributed by atoms with Crippen molar-refractivity contribution in [2.75, 3.05) is 18.5 Å². The Labute approximate surface area is 160 Å². The highest BCUT2D eigenvalue weighted by atomic mass is 16.3. The van der Waals surface area contributed by atoms with E-state index in [1.54, 1.807) is 10.7 Å². The first kappa shape index (κ1) is 17.9. The highest BCUT2D eigenvalue weighted by Gasteiger charge is 2.14. The number of benzene rings is 2. The van der Waals surface area contributed by atoms with Crippen molar-refractivity contribution in [2.24, 2.45) is 5.73 Å². The zero-order chi connectivity index (χ0) is 19.8. The number of hydrogen-bond donors (Lipinski definition) is 7. The van der Waals surface area contributed by atoms with Gasteiger partial charge in [-0.2, -0.15) is 0 Å². The molecular formula is C20H22N4O4. The first-order valence-electron chi connectivity index (χ1n) is 8.99. The van der Waals surface area contributed by atoms with E-state index in [4.69, 9.17) is 5.73 Å². The van der Waals surface area contributed by atoms with Gasteiger partial charge in [0.15, 0.2) is 11.5 Å². The van der Waals surface area contributed by atoms with Gasteiger partial charge in [-0.25, -0.2) is 0 Å². The first-order chi connectivity index (χ1) is 13.5. The van der Waals surface area contributed by atoms with Crippen molar-refractivity contribution in [3.63, 3.8) is 0 Å². The average Bonchev–Trinajstić information content (AvgIpc) is 3.18. The van der Waals surface area contributed by atoms with Crippen molar-refractivity contribution in [3.8, 4) is 23.0 Å². The lowest BCUT2D eigenvalue weighted by Crippen LogP contribution is -2.16. The van der Waals surface area contributed by atoms with Crippen LogP contribution in [0.5, 0.6) is 23.0 Å². The molecule has 0 radical (unpaired) electrons. The van der Waals surface area contributed by atoms with Crippen LogP contribution in [0.25, 0.3) is 21.8 Å². The molecule has 0 fully saturated rings. The number of fused-ring (bicyclic) bond motifs is 2. The number of phenolic OH excluding ortho intramolecular Hbond substituents is 4. The third kappa shape index (κ3) is 3.03. The van der Waals surface area contributed by atoms with Crippen molar-refractivity contribution < 1.29 is 20.4 Å². The Morgan fingerprint density at radius 3 is 2.46 bits per heavy atom. The van der Waals surface area contributed by atoms with E-state index in [1.165, 1.54) is 18.2 Å². The van der Waals surface area contributed by atoms with Crippen molar-refractivity contribution >= 4 is 21.8 Å². The molecule has 8 N–H and O–H groups in total. The molecule has 0 amide bonds. The van der Waals surface area contributed by atoms with Gasteiger partial charge in [0.2, 0.25) is 0 Å². The summed E-state index contributed by atoms with van der Waals surface area (Å²) in [7, 11) is 0. The van der Waals surface area contributed by atoms with Gasteiger partial charge in [-0.3, -0.25) is 4.68 Å². The molecule has 0 spiro atoms. The number of aromatic nitrogens is 2. The van der Waals surface area contributed by atoms with Crippen LogP contribution in [-0.4, -0.2) is 43.2 Å². The third-order valence-corrected chi connectivity index (χ3v) is 4.90. The summed E-state index contributed by atoms with van der Waals surface area (Å²) in [6.07, 6.45) is 4.98. The minimum absolute atomic E-state index is 0.00266. The molecule has 4 aromatic rings. The number of aromatic hydroxyl groups is 4. The molecule has 0 unspecified atom stereocenters. The molecule has 4 rings (SSSR count). The van der Waals surface area contributed by atoms with E-state index < -0.39 is 0 Å². The van der Waals surface area contributed by atoms with Crippen molar-refractivity contribution in [3.05, 3.63) is 47.8 Å². The van der Waals surface area contributed by atoms with Crippen LogP contribution in [-0.2, 0) is 12.8 Å². The summed E-state index contributed by atoms with van der Waals surface area (Å²) < 4.78 is 1.74. The van der Waals surface area contributed by atoms with Crippen LogP contribution < -0.4 is 11.2 Å². The minimum Gasteiger partial charge on any atom is -0.508 e. The Kier molecular flexibility index (Phi) is 4.40. The summed E-state index contributed by atoms with van der Waals surface area (Å²) in [5.74, 6) is -0.334. The Bertz CT molecular complexity index is 1160. The molecule has 2 heterocycles. The van der Waals surface area contributed by atoms with Crippen molar-refractivity contribution in [2.45, 2.75) is 12.8 Å². The summed E-state index contributed by atoms with van der Waals surface area (Å²) in [6, 6.07) is 5.95. The summed E-state index contributed by atoms with van der Waals surface area (Å²) in [6.45, 7) is 1.02. The molecule has 0 atom stereocenters. The number of nitrogens with two attached hydrogens (primary N) is 1. The summed E-state index contributed by atoms with van der Waals surface area (Å²) in [5.41, 5.74) is 12.2. The zero-order valence-electron chi connectivity index (χ0n) is 15.1. The maximum absolute atomic E-state index is 10.3. The van der Waals surface area contributed by atoms with Crippen LogP contribution >= 0.6 is 0 Å². The number of nitrogens with zero attached hydrogens (tertiary/aromatic N) is 1. The first-order valence-corrected chi connectivity index (χ1v) is 8.99. The molecule has 0 saturated heterocycles. The molecule has 0 aliphatic heterocycles. The van der Waals surface area contributed by atoms with Gasteiger partial charge in [0, 0.05) is 47.4 Å². The monoisotopic (exact) mass is 382 g/mol. The van der Waals surface area contributed by atoms with E-state index in [2.05, 4.69) is 10.4 Å². The fraction of sp³-hybridized carbons (Fsp3) is 0.200. The highest BCUT2D eigenvalue weighted by molar-refractivity contribution is 5.90. The second-order valence-corrected chi connectivity index (χ2v) is 6.78. The Hall–Kier alpha value is -3.52. The van der Waals surface area contributed by atoms with Crippen molar-refractivity contribution in [1.29, 1.82) is 0 Å². The molecule has 0 saturated carbocycles. The molecule has 0 aliphatic rings. The van der Waals surface area contributed by atoms with Gasteiger partial charge in [0.05, 0.1) is 0 Å². The molecule has 2 aromatic heterocycles. The molecule has 28 heavy (non-hydrogen) atoms. The van der Waals surface area contributed by atoms with Gasteiger partial charge in [0.25, 0.3) is 0 Å². The van der Waals surface area contributed by atoms with E-state index in [1.807, 2.05) is 12.4 Å². The van der Waals surface area contributed by atoms with E-state index in [-0.39, 0.29) is 23.0 Å². The van der Waals surface area contributed by atoms with Gasteiger partial charge in [-0.05, 0) is 42.6 Å². The molecule has 146 valence electrons. The summed E-state index contributed by atoms with van der Waals surface area (Å²) in [5, 5.41) is 41.0. The number of hydrogen-bond acceptors (Lipinski definition) is 6. The SMILES string of the molecule is NCCc1cn(NCCc2c[nH]c3cc(O)c(O)cc23)c2c(O)cc(O)cc12. The lowest BCUT2D eigenvalue weighted by molar-refractivity contribution is 0.405. The van der Waals surface area contributed by atoms with Crippen LogP contribution in [0.15, 0.2) is 36.7 Å². The predicted molar refractivity (Wildman–Crippen MR) is 108 cm³/mol. The number of H-pyrrole nitrogens is 1. The molecule has 0 aliphatic carbocycles.